The molecular weight excluding hydrogens is 330 g/mol. The second kappa shape index (κ2) is 6.00. The number of piperidine rings is 1. The lowest BCUT2D eigenvalue weighted by molar-refractivity contribution is 0.0371. The van der Waals surface area contributed by atoms with Crippen molar-refractivity contribution in [1.29, 1.82) is 0 Å². The Balaban J connectivity index is 1.72. The SMILES string of the molecule is Cc1ncc2c(n1)[C@]1(C)CCCN(C(=O)c3ccc(=O)n(C)n3)C1CC2. The van der Waals surface area contributed by atoms with Crippen molar-refractivity contribution in [1.82, 2.24) is 24.6 Å². The molecule has 1 fully saturated rings. The number of likely N-dealkylation sites (tertiary alicyclic amines) is 1. The Labute approximate surface area is 152 Å². The van der Waals surface area contributed by atoms with Gasteiger partial charge in [0.25, 0.3) is 11.5 Å². The van der Waals surface area contributed by atoms with Crippen molar-refractivity contribution in [3.8, 4) is 0 Å². The molecule has 0 saturated carbocycles. The highest BCUT2D eigenvalue weighted by molar-refractivity contribution is 5.92. The van der Waals surface area contributed by atoms with Crippen molar-refractivity contribution >= 4 is 5.91 Å². The summed E-state index contributed by atoms with van der Waals surface area (Å²) in [4.78, 5) is 35.8. The van der Waals surface area contributed by atoms with Crippen LogP contribution in [0.4, 0.5) is 0 Å². The van der Waals surface area contributed by atoms with Crippen LogP contribution in [0.15, 0.2) is 23.1 Å². The van der Waals surface area contributed by atoms with E-state index in [0.29, 0.717) is 12.2 Å². The van der Waals surface area contributed by atoms with Crippen LogP contribution < -0.4 is 5.56 Å². The molecule has 1 amide bonds. The van der Waals surface area contributed by atoms with E-state index in [1.807, 2.05) is 18.0 Å². The fraction of sp³-hybridized carbons (Fsp3) is 0.526. The molecule has 7 heteroatoms. The zero-order valence-corrected chi connectivity index (χ0v) is 15.4. The standard InChI is InChI=1S/C19H23N5O2/c1-12-20-11-13-5-7-15-19(2,17(13)21-12)9-4-10-24(15)18(26)14-6-8-16(25)23(3)22-14/h6,8,11,15H,4-5,7,9-10H2,1-3H3/t15?,19-/m1/s1. The molecule has 2 aromatic rings. The maximum atomic E-state index is 13.2. The monoisotopic (exact) mass is 353 g/mol. The van der Waals surface area contributed by atoms with Gasteiger partial charge < -0.3 is 4.90 Å². The normalized spacial score (nSPS) is 24.7. The summed E-state index contributed by atoms with van der Waals surface area (Å²) in [5, 5.41) is 4.15. The van der Waals surface area contributed by atoms with Gasteiger partial charge in [0.15, 0.2) is 0 Å². The van der Waals surface area contributed by atoms with Gasteiger partial charge in [0.05, 0.1) is 5.69 Å². The fourth-order valence-corrected chi connectivity index (χ4v) is 4.50. The first-order chi connectivity index (χ1) is 12.4. The largest absolute Gasteiger partial charge is 0.333 e. The maximum Gasteiger partial charge on any atom is 0.274 e. The number of amides is 1. The molecule has 0 spiro atoms. The topological polar surface area (TPSA) is 81.0 Å². The quantitative estimate of drug-likeness (QED) is 0.774. The molecule has 2 aliphatic rings. The number of carbonyl (C=O) groups is 1. The molecule has 1 saturated heterocycles. The Bertz CT molecular complexity index is 938. The van der Waals surface area contributed by atoms with Gasteiger partial charge in [-0.3, -0.25) is 9.59 Å². The number of carbonyl (C=O) groups excluding carboxylic acids is 1. The summed E-state index contributed by atoms with van der Waals surface area (Å²) < 4.78 is 1.21. The third-order valence-electron chi connectivity index (χ3n) is 5.86. The van der Waals surface area contributed by atoms with Crippen LogP contribution in [0.2, 0.25) is 0 Å². The minimum absolute atomic E-state index is 0.0876. The minimum atomic E-state index is -0.219. The number of hydrogen-bond acceptors (Lipinski definition) is 5. The number of aromatic nitrogens is 4. The van der Waals surface area contributed by atoms with Crippen LogP contribution in [0.1, 0.15) is 53.8 Å². The van der Waals surface area contributed by atoms with Crippen molar-refractivity contribution in [3.63, 3.8) is 0 Å². The van der Waals surface area contributed by atoms with Crippen LogP contribution in [0.5, 0.6) is 0 Å². The van der Waals surface area contributed by atoms with Gasteiger partial charge in [0, 0.05) is 37.3 Å². The molecule has 0 radical (unpaired) electrons. The van der Waals surface area contributed by atoms with Crippen LogP contribution in [0, 0.1) is 6.92 Å². The van der Waals surface area contributed by atoms with E-state index in [9.17, 15) is 9.59 Å². The van der Waals surface area contributed by atoms with E-state index in [-0.39, 0.29) is 22.9 Å². The highest BCUT2D eigenvalue weighted by Gasteiger charge is 2.48. The Morgan fingerprint density at radius 1 is 1.35 bits per heavy atom. The lowest BCUT2D eigenvalue weighted by Gasteiger charge is -2.50. The van der Waals surface area contributed by atoms with E-state index in [1.54, 1.807) is 7.05 Å². The van der Waals surface area contributed by atoms with E-state index in [0.717, 1.165) is 37.2 Å². The molecule has 136 valence electrons. The maximum absolute atomic E-state index is 13.2. The fourth-order valence-electron chi connectivity index (χ4n) is 4.50. The van der Waals surface area contributed by atoms with Gasteiger partial charge in [0.1, 0.15) is 11.5 Å². The molecular formula is C19H23N5O2. The Kier molecular flexibility index (Phi) is 3.89. The number of rotatable bonds is 1. The van der Waals surface area contributed by atoms with E-state index in [1.165, 1.54) is 22.4 Å². The van der Waals surface area contributed by atoms with E-state index in [4.69, 9.17) is 4.98 Å². The predicted molar refractivity (Wildman–Crippen MR) is 96.0 cm³/mol. The predicted octanol–water partition coefficient (Wildman–Crippen LogP) is 1.39. The number of aryl methyl sites for hydroxylation is 3. The first kappa shape index (κ1) is 16.9. The van der Waals surface area contributed by atoms with Crippen molar-refractivity contribution in [2.45, 2.75) is 51.0 Å². The highest BCUT2D eigenvalue weighted by Crippen LogP contribution is 2.44. The molecule has 1 aliphatic heterocycles. The first-order valence-corrected chi connectivity index (χ1v) is 9.08. The van der Waals surface area contributed by atoms with E-state index < -0.39 is 0 Å². The molecule has 0 aromatic carbocycles. The van der Waals surface area contributed by atoms with Gasteiger partial charge in [-0.2, -0.15) is 5.10 Å². The van der Waals surface area contributed by atoms with E-state index in [2.05, 4.69) is 17.0 Å². The smallest absolute Gasteiger partial charge is 0.274 e. The van der Waals surface area contributed by atoms with Gasteiger partial charge in [-0.15, -0.1) is 0 Å². The van der Waals surface area contributed by atoms with Crippen LogP contribution in [0.3, 0.4) is 0 Å². The summed E-state index contributed by atoms with van der Waals surface area (Å²) in [6.07, 6.45) is 5.64. The lowest BCUT2D eigenvalue weighted by Crippen LogP contribution is -2.58. The second-order valence-electron chi connectivity index (χ2n) is 7.55. The minimum Gasteiger partial charge on any atom is -0.333 e. The van der Waals surface area contributed by atoms with Gasteiger partial charge in [-0.25, -0.2) is 14.6 Å². The molecule has 7 nitrogen and oxygen atoms in total. The second-order valence-corrected chi connectivity index (χ2v) is 7.55. The number of hydrogen-bond donors (Lipinski definition) is 0. The zero-order chi connectivity index (χ0) is 18.5. The van der Waals surface area contributed by atoms with Gasteiger partial charge in [0.2, 0.25) is 0 Å². The summed E-state index contributed by atoms with van der Waals surface area (Å²) in [5.41, 5.74) is 2.22. The van der Waals surface area contributed by atoms with Gasteiger partial charge in [-0.05, 0) is 44.2 Å². The molecule has 1 aliphatic carbocycles. The van der Waals surface area contributed by atoms with Gasteiger partial charge >= 0.3 is 0 Å². The number of nitrogens with zero attached hydrogens (tertiary/aromatic N) is 5. The van der Waals surface area contributed by atoms with Crippen LogP contribution in [-0.4, -0.2) is 43.1 Å². The molecule has 4 rings (SSSR count). The molecule has 1 unspecified atom stereocenters. The molecule has 26 heavy (non-hydrogen) atoms. The molecule has 0 bridgehead atoms. The summed E-state index contributed by atoms with van der Waals surface area (Å²) in [6.45, 7) is 4.84. The number of fused-ring (bicyclic) bond motifs is 3. The molecule has 3 heterocycles. The summed E-state index contributed by atoms with van der Waals surface area (Å²) in [7, 11) is 1.57. The van der Waals surface area contributed by atoms with Crippen molar-refractivity contribution < 1.29 is 4.79 Å². The third-order valence-corrected chi connectivity index (χ3v) is 5.86. The average Bonchev–Trinajstić information content (AvgIpc) is 2.63. The zero-order valence-electron chi connectivity index (χ0n) is 15.4. The Morgan fingerprint density at radius 2 is 2.15 bits per heavy atom. The van der Waals surface area contributed by atoms with Crippen LogP contribution >= 0.6 is 0 Å². The van der Waals surface area contributed by atoms with Crippen molar-refractivity contribution in [3.05, 3.63) is 51.5 Å². The molecule has 2 atom stereocenters. The summed E-state index contributed by atoms with van der Waals surface area (Å²) in [5.74, 6) is 0.666. The van der Waals surface area contributed by atoms with Gasteiger partial charge in [-0.1, -0.05) is 6.92 Å². The van der Waals surface area contributed by atoms with E-state index >= 15 is 0 Å². The average molecular weight is 353 g/mol. The third kappa shape index (κ3) is 2.53. The Hall–Kier alpha value is -2.57. The van der Waals surface area contributed by atoms with Crippen LogP contribution in [0.25, 0.3) is 0 Å². The summed E-state index contributed by atoms with van der Waals surface area (Å²) >= 11 is 0. The Morgan fingerprint density at radius 3 is 2.92 bits per heavy atom. The first-order valence-electron chi connectivity index (χ1n) is 9.08. The van der Waals surface area contributed by atoms with Crippen LogP contribution in [-0.2, 0) is 18.9 Å². The molecule has 2 aromatic heterocycles. The lowest BCUT2D eigenvalue weighted by atomic mass is 9.65. The van der Waals surface area contributed by atoms with Crippen molar-refractivity contribution in [2.24, 2.45) is 7.05 Å². The molecule has 0 N–H and O–H groups in total. The summed E-state index contributed by atoms with van der Waals surface area (Å²) in [6, 6.07) is 3.01. The highest BCUT2D eigenvalue weighted by atomic mass is 16.2. The van der Waals surface area contributed by atoms with Crippen molar-refractivity contribution in [2.75, 3.05) is 6.54 Å².